The third kappa shape index (κ3) is 3.16. The Morgan fingerprint density at radius 1 is 1.22 bits per heavy atom. The molecule has 0 radical (unpaired) electrons. The number of rotatable bonds is 2. The molecule has 23 heavy (non-hydrogen) atoms. The molecule has 0 aliphatic carbocycles. The molecule has 120 valence electrons. The number of alkyl halides is 3. The summed E-state index contributed by atoms with van der Waals surface area (Å²) in [6, 6.07) is 7.41. The number of nitrogens with zero attached hydrogens (tertiary/aromatic N) is 4. The van der Waals surface area contributed by atoms with Crippen LogP contribution in [0.1, 0.15) is 30.0 Å². The molecule has 0 atom stereocenters. The van der Waals surface area contributed by atoms with Crippen LogP contribution in [0.25, 0.3) is 0 Å². The van der Waals surface area contributed by atoms with E-state index in [0.29, 0.717) is 24.8 Å². The van der Waals surface area contributed by atoms with Gasteiger partial charge in [0.15, 0.2) is 0 Å². The van der Waals surface area contributed by atoms with Gasteiger partial charge in [0.25, 0.3) is 0 Å². The van der Waals surface area contributed by atoms with Crippen LogP contribution in [0.3, 0.4) is 0 Å². The zero-order chi connectivity index (χ0) is 16.4. The van der Waals surface area contributed by atoms with Gasteiger partial charge in [0, 0.05) is 25.5 Å². The highest BCUT2D eigenvalue weighted by molar-refractivity contribution is 5.61. The molecule has 3 rings (SSSR count). The highest BCUT2D eigenvalue weighted by atomic mass is 19.4. The molecular weight excluding hydrogens is 305 g/mol. The summed E-state index contributed by atoms with van der Waals surface area (Å²) < 4.78 is 40.2. The third-order valence-corrected chi connectivity index (χ3v) is 4.15. The second-order valence-electron chi connectivity index (χ2n) is 5.55. The molecule has 1 fully saturated rings. The molecule has 0 N–H and O–H groups in total. The van der Waals surface area contributed by atoms with E-state index in [-0.39, 0.29) is 5.56 Å². The van der Waals surface area contributed by atoms with E-state index in [1.54, 1.807) is 6.20 Å². The van der Waals surface area contributed by atoms with E-state index in [1.165, 1.54) is 6.07 Å². The lowest BCUT2D eigenvalue weighted by atomic mass is 10.0. The first kappa shape index (κ1) is 15.4. The van der Waals surface area contributed by atoms with Crippen LogP contribution in [-0.2, 0) is 6.18 Å². The highest BCUT2D eigenvalue weighted by Gasteiger charge is 2.32. The van der Waals surface area contributed by atoms with Crippen molar-refractivity contribution in [2.75, 3.05) is 18.0 Å². The van der Waals surface area contributed by atoms with Gasteiger partial charge < -0.3 is 4.90 Å². The predicted octanol–water partition coefficient (Wildman–Crippen LogP) is 3.62. The number of piperidine rings is 1. The smallest absolute Gasteiger partial charge is 0.370 e. The van der Waals surface area contributed by atoms with E-state index in [4.69, 9.17) is 0 Å². The summed E-state index contributed by atoms with van der Waals surface area (Å²) in [5.41, 5.74) is -0.152. The third-order valence-electron chi connectivity index (χ3n) is 4.15. The fourth-order valence-corrected chi connectivity index (χ4v) is 2.95. The molecule has 0 bridgehead atoms. The number of benzene rings is 1. The molecule has 7 heteroatoms. The molecule has 1 aliphatic heterocycles. The second-order valence-corrected chi connectivity index (χ2v) is 5.55. The van der Waals surface area contributed by atoms with Gasteiger partial charge in [-0.25, -0.2) is 0 Å². The molecule has 1 aromatic carbocycles. The first-order valence-corrected chi connectivity index (χ1v) is 7.34. The molecule has 1 saturated heterocycles. The number of hydrogen-bond acceptors (Lipinski definition) is 3. The van der Waals surface area contributed by atoms with Crippen molar-refractivity contribution in [2.45, 2.75) is 25.1 Å². The number of halogens is 3. The first-order chi connectivity index (χ1) is 11.0. The van der Waals surface area contributed by atoms with Crippen molar-refractivity contribution in [1.82, 2.24) is 9.78 Å². The summed E-state index contributed by atoms with van der Waals surface area (Å²) in [7, 11) is 0. The molecule has 0 amide bonds. The van der Waals surface area contributed by atoms with Crippen molar-refractivity contribution in [2.24, 2.45) is 0 Å². The maximum Gasteiger partial charge on any atom is 0.416 e. The van der Waals surface area contributed by atoms with Gasteiger partial charge in [-0.1, -0.05) is 0 Å². The van der Waals surface area contributed by atoms with Crippen LogP contribution >= 0.6 is 0 Å². The minimum Gasteiger partial charge on any atom is -0.370 e. The van der Waals surface area contributed by atoms with Crippen molar-refractivity contribution in [3.8, 4) is 6.07 Å². The zero-order valence-electron chi connectivity index (χ0n) is 12.3. The Morgan fingerprint density at radius 2 is 1.96 bits per heavy atom. The molecule has 2 aromatic rings. The van der Waals surface area contributed by atoms with Gasteiger partial charge in [-0.05, 0) is 37.1 Å². The molecule has 0 saturated carbocycles. The van der Waals surface area contributed by atoms with Crippen LogP contribution in [0, 0.1) is 11.3 Å². The van der Waals surface area contributed by atoms with Gasteiger partial charge in [0.2, 0.25) is 0 Å². The lowest BCUT2D eigenvalue weighted by molar-refractivity contribution is -0.137. The predicted molar refractivity (Wildman–Crippen MR) is 78.9 cm³/mol. The fourth-order valence-electron chi connectivity index (χ4n) is 2.95. The summed E-state index contributed by atoms with van der Waals surface area (Å²) >= 11 is 0. The number of anilines is 1. The fraction of sp³-hybridized carbons (Fsp3) is 0.375. The maximum absolute atomic E-state index is 12.8. The van der Waals surface area contributed by atoms with Crippen LogP contribution in [0.15, 0.2) is 36.7 Å². The van der Waals surface area contributed by atoms with Gasteiger partial charge in [0.1, 0.15) is 6.07 Å². The Balaban J connectivity index is 1.77. The number of aromatic nitrogens is 2. The molecule has 0 spiro atoms. The lowest BCUT2D eigenvalue weighted by Gasteiger charge is -2.34. The minimum atomic E-state index is -4.43. The average Bonchev–Trinajstić information content (AvgIpc) is 3.08. The van der Waals surface area contributed by atoms with Crippen LogP contribution in [0.4, 0.5) is 18.9 Å². The summed E-state index contributed by atoms with van der Waals surface area (Å²) in [5, 5.41) is 13.4. The van der Waals surface area contributed by atoms with Crippen molar-refractivity contribution in [1.29, 1.82) is 5.26 Å². The van der Waals surface area contributed by atoms with E-state index >= 15 is 0 Å². The molecule has 0 unspecified atom stereocenters. The maximum atomic E-state index is 12.8. The lowest BCUT2D eigenvalue weighted by Crippen LogP contribution is -2.35. The molecule has 1 aliphatic rings. The Hall–Kier alpha value is -2.49. The van der Waals surface area contributed by atoms with Gasteiger partial charge in [-0.2, -0.15) is 23.5 Å². The standard InChI is InChI=1S/C16H15F3N4/c17-16(18,19)13-2-3-15(12(10-13)11-20)22-8-4-14(5-9-22)23-7-1-6-21-23/h1-3,6-7,10,14H,4-5,8-9H2. The molecule has 1 aromatic heterocycles. The van der Waals surface area contributed by atoms with Gasteiger partial charge >= 0.3 is 6.18 Å². The average molecular weight is 320 g/mol. The topological polar surface area (TPSA) is 44.9 Å². The molecule has 4 nitrogen and oxygen atoms in total. The number of hydrogen-bond donors (Lipinski definition) is 0. The van der Waals surface area contributed by atoms with Gasteiger partial charge in [0.05, 0.1) is 22.9 Å². The largest absolute Gasteiger partial charge is 0.416 e. The van der Waals surface area contributed by atoms with E-state index in [1.807, 2.05) is 27.9 Å². The van der Waals surface area contributed by atoms with Crippen molar-refractivity contribution in [3.63, 3.8) is 0 Å². The van der Waals surface area contributed by atoms with Gasteiger partial charge in [-0.15, -0.1) is 0 Å². The summed E-state index contributed by atoms with van der Waals surface area (Å²) in [6.07, 6.45) is 0.896. The minimum absolute atomic E-state index is 0.0670. The van der Waals surface area contributed by atoms with Gasteiger partial charge in [-0.3, -0.25) is 4.68 Å². The van der Waals surface area contributed by atoms with Crippen molar-refractivity contribution >= 4 is 5.69 Å². The zero-order valence-corrected chi connectivity index (χ0v) is 12.3. The van der Waals surface area contributed by atoms with Crippen LogP contribution < -0.4 is 4.90 Å². The van der Waals surface area contributed by atoms with Crippen molar-refractivity contribution in [3.05, 3.63) is 47.8 Å². The Bertz CT molecular complexity index is 708. The first-order valence-electron chi connectivity index (χ1n) is 7.34. The monoisotopic (exact) mass is 320 g/mol. The van der Waals surface area contributed by atoms with Crippen molar-refractivity contribution < 1.29 is 13.2 Å². The number of nitriles is 1. The van der Waals surface area contributed by atoms with E-state index in [0.717, 1.165) is 25.0 Å². The Morgan fingerprint density at radius 3 is 2.52 bits per heavy atom. The highest BCUT2D eigenvalue weighted by Crippen LogP contribution is 2.34. The summed E-state index contributed by atoms with van der Waals surface area (Å²) in [4.78, 5) is 1.97. The van der Waals surface area contributed by atoms with Crippen LogP contribution in [0.5, 0.6) is 0 Å². The van der Waals surface area contributed by atoms with Crippen LogP contribution in [0.2, 0.25) is 0 Å². The van der Waals surface area contributed by atoms with Crippen LogP contribution in [-0.4, -0.2) is 22.9 Å². The molecular formula is C16H15F3N4. The Labute approximate surface area is 131 Å². The summed E-state index contributed by atoms with van der Waals surface area (Å²) in [5.74, 6) is 0. The SMILES string of the molecule is N#Cc1cc(C(F)(F)F)ccc1N1CCC(n2cccn2)CC1. The Kier molecular flexibility index (Phi) is 3.99. The molecule has 2 heterocycles. The quantitative estimate of drug-likeness (QED) is 0.849. The van der Waals surface area contributed by atoms with E-state index in [9.17, 15) is 18.4 Å². The van der Waals surface area contributed by atoms with E-state index in [2.05, 4.69) is 5.10 Å². The van der Waals surface area contributed by atoms with E-state index < -0.39 is 11.7 Å². The summed E-state index contributed by atoms with van der Waals surface area (Å²) in [6.45, 7) is 1.37. The normalized spacial score (nSPS) is 16.3. The second kappa shape index (κ2) is 5.95.